The maximum absolute atomic E-state index is 12.4. The third-order valence-corrected chi connectivity index (χ3v) is 5.07. The highest BCUT2D eigenvalue weighted by Crippen LogP contribution is 2.32. The van der Waals surface area contributed by atoms with Gasteiger partial charge in [-0.25, -0.2) is 0 Å². The largest absolute Gasteiger partial charge is 0.369 e. The summed E-state index contributed by atoms with van der Waals surface area (Å²) in [6, 6.07) is 5.49. The number of rotatable bonds is 5. The molecule has 2 aromatic heterocycles. The van der Waals surface area contributed by atoms with Crippen molar-refractivity contribution in [3.63, 3.8) is 0 Å². The Morgan fingerprint density at radius 2 is 2.19 bits per heavy atom. The van der Waals surface area contributed by atoms with Gasteiger partial charge in [0.1, 0.15) is 5.41 Å². The molecule has 2 aromatic rings. The number of anilines is 1. The van der Waals surface area contributed by atoms with E-state index in [9.17, 15) is 9.59 Å². The van der Waals surface area contributed by atoms with E-state index < -0.39 is 11.3 Å². The first kappa shape index (κ1) is 18.1. The summed E-state index contributed by atoms with van der Waals surface area (Å²) in [4.78, 5) is 31.0. The Labute approximate surface area is 152 Å². The molecule has 1 aliphatic heterocycles. The van der Waals surface area contributed by atoms with Gasteiger partial charge in [-0.05, 0) is 38.4 Å². The van der Waals surface area contributed by atoms with Gasteiger partial charge in [-0.1, -0.05) is 6.07 Å². The first-order chi connectivity index (χ1) is 12.4. The highest BCUT2D eigenvalue weighted by atomic mass is 16.2. The van der Waals surface area contributed by atoms with E-state index >= 15 is 0 Å². The second-order valence-electron chi connectivity index (χ2n) is 6.79. The smallest absolute Gasteiger partial charge is 0.238 e. The quantitative estimate of drug-likeness (QED) is 0.815. The van der Waals surface area contributed by atoms with Crippen molar-refractivity contribution in [1.29, 1.82) is 0 Å². The molecule has 0 saturated carbocycles. The predicted octanol–water partition coefficient (Wildman–Crippen LogP) is 0.581. The fraction of sp³-hybridized carbons (Fsp3) is 0.444. The molecule has 3 N–H and O–H groups in total. The number of carbonyl (C=O) groups excluding carboxylic acids is 2. The number of carbonyl (C=O) groups is 2. The van der Waals surface area contributed by atoms with Crippen LogP contribution in [0.5, 0.6) is 0 Å². The van der Waals surface area contributed by atoms with E-state index in [0.29, 0.717) is 24.3 Å². The van der Waals surface area contributed by atoms with Crippen LogP contribution < -0.4 is 11.1 Å². The molecule has 1 atom stereocenters. The number of pyridine rings is 1. The van der Waals surface area contributed by atoms with Gasteiger partial charge in [-0.3, -0.25) is 24.2 Å². The van der Waals surface area contributed by atoms with E-state index in [1.165, 1.54) is 0 Å². The minimum absolute atomic E-state index is 0.137. The molecule has 1 saturated heterocycles. The van der Waals surface area contributed by atoms with Crippen molar-refractivity contribution in [2.24, 2.45) is 12.8 Å². The third-order valence-electron chi connectivity index (χ3n) is 5.07. The van der Waals surface area contributed by atoms with Crippen LogP contribution in [0, 0.1) is 6.92 Å². The molecule has 0 aromatic carbocycles. The molecule has 3 heterocycles. The second kappa shape index (κ2) is 7.25. The Morgan fingerprint density at radius 1 is 1.38 bits per heavy atom. The molecule has 1 unspecified atom stereocenters. The van der Waals surface area contributed by atoms with Crippen LogP contribution in [0.1, 0.15) is 24.2 Å². The van der Waals surface area contributed by atoms with Gasteiger partial charge in [0, 0.05) is 19.8 Å². The van der Waals surface area contributed by atoms with Gasteiger partial charge in [0.05, 0.1) is 29.8 Å². The predicted molar refractivity (Wildman–Crippen MR) is 97.4 cm³/mol. The number of amides is 2. The Morgan fingerprint density at radius 3 is 2.81 bits per heavy atom. The summed E-state index contributed by atoms with van der Waals surface area (Å²) in [6.07, 6.45) is 4.71. The van der Waals surface area contributed by atoms with Gasteiger partial charge in [0.2, 0.25) is 11.8 Å². The van der Waals surface area contributed by atoms with Crippen molar-refractivity contribution in [2.45, 2.75) is 25.2 Å². The topological polar surface area (TPSA) is 106 Å². The van der Waals surface area contributed by atoms with Crippen molar-refractivity contribution in [3.05, 3.63) is 42.0 Å². The second-order valence-corrected chi connectivity index (χ2v) is 6.79. The zero-order valence-electron chi connectivity index (χ0n) is 15.1. The first-order valence-electron chi connectivity index (χ1n) is 8.64. The molecule has 8 heteroatoms. The summed E-state index contributed by atoms with van der Waals surface area (Å²) in [5.41, 5.74) is 7.15. The Balaban J connectivity index is 1.72. The molecular formula is C18H24N6O2. The average molecular weight is 356 g/mol. The molecule has 1 fully saturated rings. The number of nitrogens with zero attached hydrogens (tertiary/aromatic N) is 4. The van der Waals surface area contributed by atoms with Gasteiger partial charge in [-0.2, -0.15) is 5.10 Å². The molecule has 8 nitrogen and oxygen atoms in total. The zero-order chi connectivity index (χ0) is 18.7. The molecule has 0 radical (unpaired) electrons. The standard InChI is InChI=1S/C18H24N6O2/c1-13-14(10-21-23(13)2)22-16(25)11-24-9-5-7-18(12-24,17(19)26)15-6-3-4-8-20-15/h3-4,6,8,10H,5,7,9,11-12H2,1-2H3,(H2,19,26)(H,22,25). The van der Waals surface area contributed by atoms with Gasteiger partial charge >= 0.3 is 0 Å². The molecule has 0 aliphatic carbocycles. The Kier molecular flexibility index (Phi) is 5.03. The fourth-order valence-electron chi connectivity index (χ4n) is 3.48. The lowest BCUT2D eigenvalue weighted by Gasteiger charge is -2.40. The van der Waals surface area contributed by atoms with Gasteiger partial charge < -0.3 is 11.1 Å². The number of aryl methyl sites for hydroxylation is 1. The SMILES string of the molecule is Cc1c(NC(=O)CN2CCCC(C(N)=O)(c3ccccn3)C2)cnn1C. The molecule has 3 rings (SSSR count). The van der Waals surface area contributed by atoms with Gasteiger partial charge in [-0.15, -0.1) is 0 Å². The number of hydrogen-bond donors (Lipinski definition) is 2. The highest BCUT2D eigenvalue weighted by Gasteiger charge is 2.43. The number of piperidine rings is 1. The molecule has 0 spiro atoms. The molecular weight excluding hydrogens is 332 g/mol. The molecule has 26 heavy (non-hydrogen) atoms. The van der Waals surface area contributed by atoms with Gasteiger partial charge in [0.25, 0.3) is 0 Å². The molecule has 2 amide bonds. The summed E-state index contributed by atoms with van der Waals surface area (Å²) < 4.78 is 1.70. The van der Waals surface area contributed by atoms with Crippen molar-refractivity contribution < 1.29 is 9.59 Å². The Bertz CT molecular complexity index is 803. The highest BCUT2D eigenvalue weighted by molar-refractivity contribution is 5.93. The van der Waals surface area contributed by atoms with E-state index in [1.807, 2.05) is 37.1 Å². The van der Waals surface area contributed by atoms with Gasteiger partial charge in [0.15, 0.2) is 0 Å². The van der Waals surface area contributed by atoms with Crippen LogP contribution in [0.4, 0.5) is 5.69 Å². The van der Waals surface area contributed by atoms with E-state index in [1.54, 1.807) is 17.1 Å². The van der Waals surface area contributed by atoms with Crippen LogP contribution in [0.15, 0.2) is 30.6 Å². The van der Waals surface area contributed by atoms with Crippen LogP contribution in [0.2, 0.25) is 0 Å². The average Bonchev–Trinajstić information content (AvgIpc) is 2.94. The maximum Gasteiger partial charge on any atom is 0.238 e. The van der Waals surface area contributed by atoms with Crippen molar-refractivity contribution in [3.8, 4) is 0 Å². The summed E-state index contributed by atoms with van der Waals surface area (Å²) in [7, 11) is 1.82. The normalized spacial score (nSPS) is 20.7. The number of aromatic nitrogens is 3. The number of nitrogens with two attached hydrogens (primary N) is 1. The minimum Gasteiger partial charge on any atom is -0.369 e. The van der Waals surface area contributed by atoms with Crippen LogP contribution in [0.3, 0.4) is 0 Å². The molecule has 1 aliphatic rings. The van der Waals surface area contributed by atoms with Crippen LogP contribution in [-0.2, 0) is 22.1 Å². The van der Waals surface area contributed by atoms with Crippen molar-refractivity contribution in [1.82, 2.24) is 19.7 Å². The van der Waals surface area contributed by atoms with Crippen molar-refractivity contribution in [2.75, 3.05) is 25.0 Å². The fourth-order valence-corrected chi connectivity index (χ4v) is 3.48. The van der Waals surface area contributed by atoms with E-state index in [4.69, 9.17) is 5.73 Å². The monoisotopic (exact) mass is 356 g/mol. The summed E-state index contributed by atoms with van der Waals surface area (Å²) in [6.45, 7) is 3.21. The summed E-state index contributed by atoms with van der Waals surface area (Å²) in [5, 5.41) is 7.00. The van der Waals surface area contributed by atoms with Crippen LogP contribution in [-0.4, -0.2) is 51.1 Å². The number of likely N-dealkylation sites (tertiary alicyclic amines) is 1. The lowest BCUT2D eigenvalue weighted by Crippen LogP contribution is -2.55. The zero-order valence-corrected chi connectivity index (χ0v) is 15.1. The summed E-state index contributed by atoms with van der Waals surface area (Å²) in [5.74, 6) is -0.535. The van der Waals surface area contributed by atoms with E-state index in [-0.39, 0.29) is 12.5 Å². The Hall–Kier alpha value is -2.74. The van der Waals surface area contributed by atoms with Crippen molar-refractivity contribution >= 4 is 17.5 Å². The number of primary amides is 1. The third kappa shape index (κ3) is 3.45. The minimum atomic E-state index is -0.857. The van der Waals surface area contributed by atoms with Crippen LogP contribution in [0.25, 0.3) is 0 Å². The number of hydrogen-bond acceptors (Lipinski definition) is 5. The first-order valence-corrected chi connectivity index (χ1v) is 8.64. The number of nitrogens with one attached hydrogen (secondary N) is 1. The molecule has 138 valence electrons. The van der Waals surface area contributed by atoms with E-state index in [0.717, 1.165) is 18.7 Å². The lowest BCUT2D eigenvalue weighted by molar-refractivity contribution is -0.127. The lowest BCUT2D eigenvalue weighted by atomic mass is 9.76. The molecule has 0 bridgehead atoms. The summed E-state index contributed by atoms with van der Waals surface area (Å²) >= 11 is 0. The van der Waals surface area contributed by atoms with Crippen LogP contribution >= 0.6 is 0 Å². The van der Waals surface area contributed by atoms with E-state index in [2.05, 4.69) is 15.4 Å². The maximum atomic E-state index is 12.4.